The van der Waals surface area contributed by atoms with Crippen molar-refractivity contribution in [2.24, 2.45) is 10.4 Å². The first kappa shape index (κ1) is 17.2. The molecule has 0 saturated carbocycles. The van der Waals surface area contributed by atoms with Crippen LogP contribution in [-0.4, -0.2) is 57.4 Å². The molecule has 1 atom stereocenters. The Morgan fingerprint density at radius 1 is 1.23 bits per heavy atom. The van der Waals surface area contributed by atoms with Gasteiger partial charge in [-0.15, -0.1) is 0 Å². The van der Waals surface area contributed by atoms with Gasteiger partial charge >= 0.3 is 0 Å². The first-order valence-corrected chi connectivity index (χ1v) is 9.43. The Bertz CT molecular complexity index is 784. The highest BCUT2D eigenvalue weighted by Crippen LogP contribution is 2.38. The zero-order chi connectivity index (χ0) is 17.8. The molecule has 1 N–H and O–H groups in total. The third-order valence-corrected chi connectivity index (χ3v) is 5.51. The van der Waals surface area contributed by atoms with Gasteiger partial charge in [-0.2, -0.15) is 0 Å². The van der Waals surface area contributed by atoms with Gasteiger partial charge in [-0.3, -0.25) is 4.99 Å². The predicted octanol–water partition coefficient (Wildman–Crippen LogP) is 2.91. The fraction of sp³-hybridized carbons (Fsp3) is 0.476. The van der Waals surface area contributed by atoms with Crippen molar-refractivity contribution < 1.29 is 9.47 Å². The van der Waals surface area contributed by atoms with Gasteiger partial charge in [-0.1, -0.05) is 30.3 Å². The number of fused-ring (bicyclic) bond motifs is 1. The quantitative estimate of drug-likeness (QED) is 0.522. The third kappa shape index (κ3) is 3.63. The van der Waals surface area contributed by atoms with E-state index >= 15 is 0 Å². The van der Waals surface area contributed by atoms with Crippen LogP contribution in [0.25, 0.3) is 10.8 Å². The van der Waals surface area contributed by atoms with Crippen molar-refractivity contribution in [1.29, 1.82) is 0 Å². The van der Waals surface area contributed by atoms with Crippen molar-refractivity contribution in [3.8, 4) is 5.75 Å². The fourth-order valence-corrected chi connectivity index (χ4v) is 4.01. The van der Waals surface area contributed by atoms with Crippen LogP contribution in [0.4, 0.5) is 0 Å². The standard InChI is InChI=1S/C21H27N3O2/c1-22-20(24-11-8-21(15-24)9-12-25-16-21)23-10-13-26-19-7-6-17-4-2-3-5-18(17)14-19/h2-7,14H,8-13,15-16H2,1H3,(H,22,23). The van der Waals surface area contributed by atoms with E-state index in [4.69, 9.17) is 9.47 Å². The summed E-state index contributed by atoms with van der Waals surface area (Å²) in [6.45, 7) is 5.23. The molecule has 2 aliphatic rings. The molecule has 26 heavy (non-hydrogen) atoms. The topological polar surface area (TPSA) is 46.1 Å². The molecule has 2 aromatic rings. The minimum Gasteiger partial charge on any atom is -0.492 e. The van der Waals surface area contributed by atoms with Crippen LogP contribution in [0.2, 0.25) is 0 Å². The van der Waals surface area contributed by atoms with Crippen molar-refractivity contribution in [2.45, 2.75) is 12.8 Å². The lowest BCUT2D eigenvalue weighted by molar-refractivity contribution is 0.156. The maximum atomic E-state index is 5.91. The summed E-state index contributed by atoms with van der Waals surface area (Å²) in [6, 6.07) is 14.6. The summed E-state index contributed by atoms with van der Waals surface area (Å²) in [6.07, 6.45) is 2.37. The van der Waals surface area contributed by atoms with Crippen molar-refractivity contribution in [1.82, 2.24) is 10.2 Å². The van der Waals surface area contributed by atoms with E-state index in [9.17, 15) is 0 Å². The number of aliphatic imine (C=N–C) groups is 1. The zero-order valence-electron chi connectivity index (χ0n) is 15.4. The van der Waals surface area contributed by atoms with E-state index in [0.717, 1.165) is 44.6 Å². The molecular weight excluding hydrogens is 326 g/mol. The second-order valence-electron chi connectivity index (χ2n) is 7.31. The highest BCUT2D eigenvalue weighted by Gasteiger charge is 2.42. The van der Waals surface area contributed by atoms with Crippen LogP contribution in [0, 0.1) is 5.41 Å². The normalized spacial score (nSPS) is 23.1. The van der Waals surface area contributed by atoms with Gasteiger partial charge in [0.15, 0.2) is 5.96 Å². The Kier molecular flexibility index (Phi) is 4.98. The summed E-state index contributed by atoms with van der Waals surface area (Å²) < 4.78 is 11.5. The second kappa shape index (κ2) is 7.54. The molecule has 2 heterocycles. The van der Waals surface area contributed by atoms with E-state index in [1.54, 1.807) is 0 Å². The molecule has 2 aromatic carbocycles. The van der Waals surface area contributed by atoms with E-state index in [1.165, 1.54) is 23.6 Å². The molecule has 2 saturated heterocycles. The number of hydrogen-bond donors (Lipinski definition) is 1. The number of hydrogen-bond acceptors (Lipinski definition) is 3. The Labute approximate surface area is 155 Å². The Balaban J connectivity index is 1.26. The number of ether oxygens (including phenoxy) is 2. The van der Waals surface area contributed by atoms with Crippen molar-refractivity contribution in [3.05, 3.63) is 42.5 Å². The van der Waals surface area contributed by atoms with Crippen LogP contribution in [0.3, 0.4) is 0 Å². The summed E-state index contributed by atoms with van der Waals surface area (Å²) in [4.78, 5) is 6.80. The maximum Gasteiger partial charge on any atom is 0.193 e. The van der Waals surface area contributed by atoms with Gasteiger partial charge in [0, 0.05) is 32.2 Å². The molecule has 1 unspecified atom stereocenters. The molecule has 5 heteroatoms. The van der Waals surface area contributed by atoms with E-state index in [2.05, 4.69) is 51.6 Å². The van der Waals surface area contributed by atoms with Crippen molar-refractivity contribution in [2.75, 3.05) is 46.5 Å². The van der Waals surface area contributed by atoms with Gasteiger partial charge in [0.1, 0.15) is 12.4 Å². The first-order valence-electron chi connectivity index (χ1n) is 9.43. The molecule has 1 spiro atoms. The Morgan fingerprint density at radius 2 is 2.12 bits per heavy atom. The van der Waals surface area contributed by atoms with E-state index in [1.807, 2.05) is 13.1 Å². The SMILES string of the molecule is CN=C(NCCOc1ccc2ccccc2c1)N1CCC2(CCOC2)C1. The van der Waals surface area contributed by atoms with Crippen LogP contribution in [-0.2, 0) is 4.74 Å². The number of benzene rings is 2. The molecule has 0 bridgehead atoms. The smallest absolute Gasteiger partial charge is 0.193 e. The van der Waals surface area contributed by atoms with Gasteiger partial charge in [0.05, 0.1) is 13.2 Å². The monoisotopic (exact) mass is 353 g/mol. The van der Waals surface area contributed by atoms with Crippen molar-refractivity contribution >= 4 is 16.7 Å². The zero-order valence-corrected chi connectivity index (χ0v) is 15.4. The molecule has 0 radical (unpaired) electrons. The van der Waals surface area contributed by atoms with Gasteiger partial charge < -0.3 is 19.7 Å². The average molecular weight is 353 g/mol. The number of rotatable bonds is 4. The van der Waals surface area contributed by atoms with E-state index in [-0.39, 0.29) is 0 Å². The lowest BCUT2D eigenvalue weighted by Gasteiger charge is -2.24. The second-order valence-corrected chi connectivity index (χ2v) is 7.31. The predicted molar refractivity (Wildman–Crippen MR) is 105 cm³/mol. The molecule has 5 nitrogen and oxygen atoms in total. The molecule has 138 valence electrons. The summed E-state index contributed by atoms with van der Waals surface area (Å²) in [5.41, 5.74) is 0.346. The summed E-state index contributed by atoms with van der Waals surface area (Å²) >= 11 is 0. The molecular formula is C21H27N3O2. The van der Waals surface area contributed by atoms with Crippen LogP contribution in [0.15, 0.2) is 47.5 Å². The van der Waals surface area contributed by atoms with Crippen LogP contribution in [0.5, 0.6) is 5.75 Å². The average Bonchev–Trinajstić information content (AvgIpc) is 3.32. The largest absolute Gasteiger partial charge is 0.492 e. The van der Waals surface area contributed by atoms with Gasteiger partial charge in [0.2, 0.25) is 0 Å². The number of guanidine groups is 1. The number of nitrogens with zero attached hydrogens (tertiary/aromatic N) is 2. The summed E-state index contributed by atoms with van der Waals surface area (Å²) in [5, 5.41) is 5.87. The lowest BCUT2D eigenvalue weighted by Crippen LogP contribution is -2.42. The first-order chi connectivity index (χ1) is 12.8. The Morgan fingerprint density at radius 3 is 2.92 bits per heavy atom. The molecule has 0 aliphatic carbocycles. The van der Waals surface area contributed by atoms with Crippen LogP contribution in [0.1, 0.15) is 12.8 Å². The van der Waals surface area contributed by atoms with Gasteiger partial charge in [0.25, 0.3) is 0 Å². The summed E-state index contributed by atoms with van der Waals surface area (Å²) in [7, 11) is 1.85. The molecule has 0 amide bonds. The van der Waals surface area contributed by atoms with Crippen molar-refractivity contribution in [3.63, 3.8) is 0 Å². The highest BCUT2D eigenvalue weighted by molar-refractivity contribution is 5.83. The lowest BCUT2D eigenvalue weighted by atomic mass is 9.87. The third-order valence-electron chi connectivity index (χ3n) is 5.51. The minimum atomic E-state index is 0.346. The Hall–Kier alpha value is -2.27. The van der Waals surface area contributed by atoms with Gasteiger partial charge in [-0.05, 0) is 35.7 Å². The number of likely N-dealkylation sites (tertiary alicyclic amines) is 1. The molecule has 0 aromatic heterocycles. The minimum absolute atomic E-state index is 0.346. The van der Waals surface area contributed by atoms with E-state index in [0.29, 0.717) is 12.0 Å². The number of nitrogens with one attached hydrogen (secondary N) is 1. The van der Waals surface area contributed by atoms with Gasteiger partial charge in [-0.25, -0.2) is 0 Å². The molecule has 4 rings (SSSR count). The van der Waals surface area contributed by atoms with Crippen LogP contribution < -0.4 is 10.1 Å². The fourth-order valence-electron chi connectivity index (χ4n) is 4.01. The molecule has 2 fully saturated rings. The van der Waals surface area contributed by atoms with E-state index < -0.39 is 0 Å². The van der Waals surface area contributed by atoms with Crippen LogP contribution >= 0.6 is 0 Å². The highest BCUT2D eigenvalue weighted by atomic mass is 16.5. The maximum absolute atomic E-state index is 5.91. The summed E-state index contributed by atoms with van der Waals surface area (Å²) in [5.74, 6) is 1.87. The molecule has 2 aliphatic heterocycles.